The van der Waals surface area contributed by atoms with Crippen LogP contribution in [0.2, 0.25) is 0 Å². The van der Waals surface area contributed by atoms with Gasteiger partial charge in [0.25, 0.3) is 5.91 Å². The number of aliphatic hydroxyl groups is 1. The summed E-state index contributed by atoms with van der Waals surface area (Å²) in [5.74, 6) is -1.41. The third kappa shape index (κ3) is 3.47. The fourth-order valence-corrected chi connectivity index (χ4v) is 5.00. The van der Waals surface area contributed by atoms with E-state index in [2.05, 4.69) is 15.9 Å². The van der Waals surface area contributed by atoms with E-state index in [0.717, 1.165) is 39.2 Å². The van der Waals surface area contributed by atoms with E-state index in [9.17, 15) is 14.7 Å². The molecule has 5 rings (SSSR count). The lowest BCUT2D eigenvalue weighted by Crippen LogP contribution is -2.32. The van der Waals surface area contributed by atoms with E-state index in [-0.39, 0.29) is 11.3 Å². The molecule has 7 heteroatoms. The number of aryl methyl sites for hydroxylation is 1. The first kappa shape index (κ1) is 21.5. The number of carbonyl (C=O) groups excluding carboxylic acids is 2. The molecule has 2 aromatic heterocycles. The molecule has 168 valence electrons. The Balaban J connectivity index is 1.67. The summed E-state index contributed by atoms with van der Waals surface area (Å²) in [6.07, 6.45) is 3.58. The van der Waals surface area contributed by atoms with Gasteiger partial charge in [-0.15, -0.1) is 0 Å². The second-order valence-electron chi connectivity index (χ2n) is 8.35. The van der Waals surface area contributed by atoms with E-state index < -0.39 is 23.5 Å². The second-order valence-corrected chi connectivity index (χ2v) is 9.27. The minimum Gasteiger partial charge on any atom is -0.503 e. The van der Waals surface area contributed by atoms with Crippen LogP contribution in [-0.4, -0.2) is 32.8 Å². The Morgan fingerprint density at radius 1 is 1.18 bits per heavy atom. The van der Waals surface area contributed by atoms with Crippen LogP contribution in [-0.2, 0) is 11.8 Å². The summed E-state index contributed by atoms with van der Waals surface area (Å²) >= 11 is 3.43. The molecule has 1 N–H and O–H groups in total. The minimum absolute atomic E-state index is 0.0607. The predicted octanol–water partition coefficient (Wildman–Crippen LogP) is 6.07. The Labute approximate surface area is 199 Å². The van der Waals surface area contributed by atoms with Crippen molar-refractivity contribution in [2.45, 2.75) is 25.8 Å². The van der Waals surface area contributed by atoms with Gasteiger partial charge in [-0.2, -0.15) is 0 Å². The van der Waals surface area contributed by atoms with E-state index >= 15 is 0 Å². The highest BCUT2D eigenvalue weighted by Crippen LogP contribution is 2.42. The first-order valence-corrected chi connectivity index (χ1v) is 11.7. The van der Waals surface area contributed by atoms with Gasteiger partial charge in [-0.3, -0.25) is 9.59 Å². The number of rotatable bonds is 6. The van der Waals surface area contributed by atoms with E-state index in [0.29, 0.717) is 12.1 Å². The molecule has 33 heavy (non-hydrogen) atoms. The molecule has 1 amide bonds. The number of amides is 1. The third-order valence-corrected chi connectivity index (χ3v) is 6.72. The molecule has 6 nitrogen and oxygen atoms in total. The number of hydrogen-bond acceptors (Lipinski definition) is 4. The topological polar surface area (TPSA) is 75.7 Å². The maximum Gasteiger partial charge on any atom is 0.290 e. The lowest BCUT2D eigenvalue weighted by Gasteiger charge is -2.26. The first-order chi connectivity index (χ1) is 15.9. The fourth-order valence-electron chi connectivity index (χ4n) is 4.62. The Kier molecular flexibility index (Phi) is 5.37. The van der Waals surface area contributed by atoms with Crippen LogP contribution in [0.25, 0.3) is 21.9 Å². The lowest BCUT2D eigenvalue weighted by molar-refractivity contribution is -0.129. The molecule has 1 aliphatic heterocycles. The monoisotopic (exact) mass is 506 g/mol. The number of aliphatic hydroxyl groups excluding tert-OH is 1. The van der Waals surface area contributed by atoms with Crippen molar-refractivity contribution in [1.29, 1.82) is 0 Å². The number of halogens is 1. The van der Waals surface area contributed by atoms with Gasteiger partial charge in [0.1, 0.15) is 5.58 Å². The fraction of sp³-hybridized carbons (Fsp3) is 0.231. The van der Waals surface area contributed by atoms with E-state index in [1.165, 1.54) is 0 Å². The number of benzene rings is 2. The second kappa shape index (κ2) is 8.23. The standard InChI is InChI=1S/C26H23BrN2O4/c1-3-4-11-29-23(18-14-28(2)19-8-6-5-7-17(18)19)22(25(31)26(29)32)24(30)21-13-15-12-16(27)9-10-20(15)33-21/h5-10,12-14,23,31H,3-4,11H2,1-2H3. The summed E-state index contributed by atoms with van der Waals surface area (Å²) < 4.78 is 8.67. The molecular weight excluding hydrogens is 484 g/mol. The number of unbranched alkanes of at least 4 members (excludes halogenated alkanes) is 1. The average molecular weight is 507 g/mol. The Hall–Kier alpha value is -3.32. The van der Waals surface area contributed by atoms with Gasteiger partial charge in [-0.05, 0) is 36.8 Å². The SMILES string of the molecule is CCCCN1C(=O)C(O)=C(C(=O)c2cc3cc(Br)ccc3o2)C1c1cn(C)c2ccccc12. The number of para-hydroxylation sites is 1. The molecule has 0 aliphatic carbocycles. The van der Waals surface area contributed by atoms with Crippen molar-refractivity contribution < 1.29 is 19.1 Å². The van der Waals surface area contributed by atoms with Crippen molar-refractivity contribution in [3.63, 3.8) is 0 Å². The molecule has 0 radical (unpaired) electrons. The van der Waals surface area contributed by atoms with Gasteiger partial charge in [-0.1, -0.05) is 47.5 Å². The minimum atomic E-state index is -0.692. The smallest absolute Gasteiger partial charge is 0.290 e. The van der Waals surface area contributed by atoms with Crippen LogP contribution in [0.4, 0.5) is 0 Å². The molecular formula is C26H23BrN2O4. The number of aromatic nitrogens is 1. The van der Waals surface area contributed by atoms with Crippen molar-refractivity contribution >= 4 is 49.5 Å². The summed E-state index contributed by atoms with van der Waals surface area (Å²) in [6, 6.07) is 14.3. The van der Waals surface area contributed by atoms with Crippen molar-refractivity contribution in [1.82, 2.24) is 9.47 Å². The van der Waals surface area contributed by atoms with Crippen LogP contribution >= 0.6 is 15.9 Å². The third-order valence-electron chi connectivity index (χ3n) is 6.23. The number of ketones is 1. The average Bonchev–Trinajstić information content (AvgIpc) is 3.45. The molecule has 1 unspecified atom stereocenters. The highest BCUT2D eigenvalue weighted by Gasteiger charge is 2.45. The van der Waals surface area contributed by atoms with Crippen LogP contribution in [0.5, 0.6) is 0 Å². The number of carbonyl (C=O) groups is 2. The zero-order chi connectivity index (χ0) is 23.3. The zero-order valence-corrected chi connectivity index (χ0v) is 19.9. The number of Topliss-reactive ketones (excluding diaryl/α,β-unsaturated/α-hetero) is 1. The van der Waals surface area contributed by atoms with Crippen molar-refractivity contribution in [3.8, 4) is 0 Å². The summed E-state index contributed by atoms with van der Waals surface area (Å²) in [5, 5.41) is 12.6. The van der Waals surface area contributed by atoms with Crippen LogP contribution in [0.3, 0.4) is 0 Å². The predicted molar refractivity (Wildman–Crippen MR) is 130 cm³/mol. The first-order valence-electron chi connectivity index (χ1n) is 10.9. The van der Waals surface area contributed by atoms with Crippen LogP contribution in [0.1, 0.15) is 41.9 Å². The van der Waals surface area contributed by atoms with Crippen LogP contribution in [0, 0.1) is 0 Å². The maximum atomic E-state index is 13.7. The van der Waals surface area contributed by atoms with Crippen molar-refractivity contribution in [2.24, 2.45) is 7.05 Å². The van der Waals surface area contributed by atoms with Gasteiger partial charge < -0.3 is 19.0 Å². The molecule has 0 fully saturated rings. The Morgan fingerprint density at radius 2 is 1.97 bits per heavy atom. The van der Waals surface area contributed by atoms with Gasteiger partial charge in [0.05, 0.1) is 11.6 Å². The van der Waals surface area contributed by atoms with E-state index in [4.69, 9.17) is 4.42 Å². The number of furan rings is 1. The molecule has 0 saturated carbocycles. The summed E-state index contributed by atoms with van der Waals surface area (Å²) in [4.78, 5) is 28.4. The van der Waals surface area contributed by atoms with E-state index in [1.807, 2.05) is 61.1 Å². The Morgan fingerprint density at radius 3 is 2.76 bits per heavy atom. The van der Waals surface area contributed by atoms with Gasteiger partial charge in [0, 0.05) is 46.1 Å². The molecule has 0 saturated heterocycles. The van der Waals surface area contributed by atoms with Gasteiger partial charge in [-0.25, -0.2) is 0 Å². The highest BCUT2D eigenvalue weighted by atomic mass is 79.9. The summed E-state index contributed by atoms with van der Waals surface area (Å²) in [6.45, 7) is 2.48. The van der Waals surface area contributed by atoms with Crippen molar-refractivity contribution in [3.05, 3.63) is 81.9 Å². The molecule has 4 aromatic rings. The number of nitrogens with zero attached hydrogens (tertiary/aromatic N) is 2. The highest BCUT2D eigenvalue weighted by molar-refractivity contribution is 9.10. The summed E-state index contributed by atoms with van der Waals surface area (Å²) in [7, 11) is 1.93. The van der Waals surface area contributed by atoms with Crippen LogP contribution < -0.4 is 0 Å². The molecule has 2 aromatic carbocycles. The van der Waals surface area contributed by atoms with Crippen LogP contribution in [0.15, 0.2) is 74.9 Å². The normalized spacial score (nSPS) is 16.5. The molecule has 0 spiro atoms. The Bertz CT molecular complexity index is 1450. The maximum absolute atomic E-state index is 13.7. The molecule has 3 heterocycles. The van der Waals surface area contributed by atoms with Crippen molar-refractivity contribution in [2.75, 3.05) is 6.54 Å². The van der Waals surface area contributed by atoms with Gasteiger partial charge in [0.2, 0.25) is 5.78 Å². The van der Waals surface area contributed by atoms with E-state index in [1.54, 1.807) is 17.0 Å². The summed E-state index contributed by atoms with van der Waals surface area (Å²) in [5.41, 5.74) is 2.42. The largest absolute Gasteiger partial charge is 0.503 e. The molecule has 1 atom stereocenters. The van der Waals surface area contributed by atoms with Gasteiger partial charge in [0.15, 0.2) is 11.5 Å². The number of hydrogen-bond donors (Lipinski definition) is 1. The quantitative estimate of drug-likeness (QED) is 0.322. The van der Waals surface area contributed by atoms with Gasteiger partial charge >= 0.3 is 0 Å². The number of fused-ring (bicyclic) bond motifs is 2. The zero-order valence-electron chi connectivity index (χ0n) is 18.3. The molecule has 1 aliphatic rings. The lowest BCUT2D eigenvalue weighted by atomic mass is 9.94. The molecule has 0 bridgehead atoms.